The van der Waals surface area contributed by atoms with Gasteiger partial charge in [-0.3, -0.25) is 9.89 Å². The maximum absolute atomic E-state index is 12.4. The summed E-state index contributed by atoms with van der Waals surface area (Å²) in [6.07, 6.45) is 0.973. The number of nitrogens with zero attached hydrogens (tertiary/aromatic N) is 2. The summed E-state index contributed by atoms with van der Waals surface area (Å²) in [5, 5.41) is 10.1. The van der Waals surface area contributed by atoms with Gasteiger partial charge in [0.2, 0.25) is 11.1 Å². The minimum Gasteiger partial charge on any atom is -0.485 e. The van der Waals surface area contributed by atoms with E-state index in [0.717, 1.165) is 23.4 Å². The third kappa shape index (κ3) is 5.36. The van der Waals surface area contributed by atoms with Crippen LogP contribution in [0.15, 0.2) is 53.7 Å². The van der Waals surface area contributed by atoms with Crippen LogP contribution in [0.3, 0.4) is 0 Å². The van der Waals surface area contributed by atoms with E-state index in [1.54, 1.807) is 0 Å². The van der Waals surface area contributed by atoms with Crippen molar-refractivity contribution in [2.45, 2.75) is 44.2 Å². The van der Waals surface area contributed by atoms with E-state index in [-0.39, 0.29) is 11.2 Å². The van der Waals surface area contributed by atoms with E-state index in [1.165, 1.54) is 17.3 Å². The Morgan fingerprint density at radius 2 is 1.96 bits per heavy atom. The molecular formula is C21H24N4O2S. The zero-order chi connectivity index (χ0) is 19.9. The van der Waals surface area contributed by atoms with E-state index < -0.39 is 0 Å². The Hall–Kier alpha value is -2.80. The van der Waals surface area contributed by atoms with Gasteiger partial charge in [0.05, 0.1) is 5.25 Å². The number of benzene rings is 2. The summed E-state index contributed by atoms with van der Waals surface area (Å²) < 4.78 is 5.76. The highest BCUT2D eigenvalue weighted by Crippen LogP contribution is 2.22. The molecule has 1 atom stereocenters. The molecule has 0 fully saturated rings. The maximum atomic E-state index is 12.4. The molecule has 2 N–H and O–H groups in total. The van der Waals surface area contributed by atoms with E-state index in [1.807, 2.05) is 62.4 Å². The first-order valence-corrected chi connectivity index (χ1v) is 10.1. The van der Waals surface area contributed by atoms with Crippen molar-refractivity contribution < 1.29 is 9.53 Å². The summed E-state index contributed by atoms with van der Waals surface area (Å²) in [5.41, 5.74) is 3.09. The summed E-state index contributed by atoms with van der Waals surface area (Å²) in [7, 11) is 0. The number of para-hydroxylation sites is 1. The van der Waals surface area contributed by atoms with Crippen molar-refractivity contribution in [1.82, 2.24) is 15.2 Å². The Morgan fingerprint density at radius 3 is 2.68 bits per heavy atom. The molecule has 0 saturated heterocycles. The predicted octanol–water partition coefficient (Wildman–Crippen LogP) is 4.37. The Morgan fingerprint density at radius 1 is 1.21 bits per heavy atom. The lowest BCUT2D eigenvalue weighted by Crippen LogP contribution is -2.22. The molecule has 7 heteroatoms. The van der Waals surface area contributed by atoms with Gasteiger partial charge < -0.3 is 10.1 Å². The molecule has 0 radical (unpaired) electrons. The van der Waals surface area contributed by atoms with Crippen molar-refractivity contribution in [3.05, 3.63) is 65.5 Å². The van der Waals surface area contributed by atoms with Gasteiger partial charge in [0, 0.05) is 5.69 Å². The molecule has 1 heterocycles. The number of aryl methyl sites for hydroxylation is 2. The normalized spacial score (nSPS) is 11.8. The second-order valence-electron chi connectivity index (χ2n) is 6.42. The third-order valence-corrected chi connectivity index (χ3v) is 5.21. The van der Waals surface area contributed by atoms with Crippen LogP contribution in [0, 0.1) is 6.92 Å². The summed E-state index contributed by atoms with van der Waals surface area (Å²) in [5.74, 6) is 1.35. The van der Waals surface area contributed by atoms with E-state index >= 15 is 0 Å². The lowest BCUT2D eigenvalue weighted by Gasteiger charge is -2.10. The highest BCUT2D eigenvalue weighted by atomic mass is 32.2. The predicted molar refractivity (Wildman–Crippen MR) is 112 cm³/mol. The quantitative estimate of drug-likeness (QED) is 0.553. The average molecular weight is 397 g/mol. The lowest BCUT2D eigenvalue weighted by molar-refractivity contribution is -0.115. The lowest BCUT2D eigenvalue weighted by atomic mass is 10.1. The molecule has 0 bridgehead atoms. The number of nitrogens with one attached hydrogen (secondary N) is 2. The number of H-pyrrole nitrogens is 1. The summed E-state index contributed by atoms with van der Waals surface area (Å²) in [6.45, 7) is 6.22. The molecule has 146 valence electrons. The second-order valence-corrected chi connectivity index (χ2v) is 7.73. The van der Waals surface area contributed by atoms with E-state index in [4.69, 9.17) is 4.74 Å². The van der Waals surface area contributed by atoms with Gasteiger partial charge in [0.1, 0.15) is 12.4 Å². The summed E-state index contributed by atoms with van der Waals surface area (Å²) >= 11 is 1.30. The smallest absolute Gasteiger partial charge is 0.237 e. The number of anilines is 1. The molecule has 6 nitrogen and oxygen atoms in total. The van der Waals surface area contributed by atoms with Crippen molar-refractivity contribution in [1.29, 1.82) is 0 Å². The number of amides is 1. The van der Waals surface area contributed by atoms with Crippen molar-refractivity contribution in [3.63, 3.8) is 0 Å². The number of aromatic nitrogens is 3. The number of carbonyl (C=O) groups is 1. The molecule has 0 aliphatic heterocycles. The molecule has 28 heavy (non-hydrogen) atoms. The maximum Gasteiger partial charge on any atom is 0.237 e. The Bertz CT molecular complexity index is 924. The van der Waals surface area contributed by atoms with Gasteiger partial charge in [-0.15, -0.1) is 5.10 Å². The summed E-state index contributed by atoms with van der Waals surface area (Å²) in [6, 6.07) is 15.7. The SMILES string of the molecule is CCc1ccc(NC(=O)[C@H](C)Sc2n[nH]c(COc3ccccc3C)n2)cc1. The largest absolute Gasteiger partial charge is 0.485 e. The summed E-state index contributed by atoms with van der Waals surface area (Å²) in [4.78, 5) is 16.8. The number of hydrogen-bond donors (Lipinski definition) is 2. The zero-order valence-electron chi connectivity index (χ0n) is 16.2. The number of rotatable bonds is 8. The van der Waals surface area contributed by atoms with Crippen LogP contribution in [0.5, 0.6) is 5.75 Å². The van der Waals surface area contributed by atoms with Gasteiger partial charge in [0.25, 0.3) is 0 Å². The van der Waals surface area contributed by atoms with Gasteiger partial charge in [0.15, 0.2) is 5.82 Å². The van der Waals surface area contributed by atoms with Crippen LogP contribution in [0.1, 0.15) is 30.8 Å². The van der Waals surface area contributed by atoms with Gasteiger partial charge >= 0.3 is 0 Å². The van der Waals surface area contributed by atoms with Crippen LogP contribution < -0.4 is 10.1 Å². The molecule has 0 unspecified atom stereocenters. The van der Waals surface area contributed by atoms with Crippen LogP contribution in [0.2, 0.25) is 0 Å². The fourth-order valence-corrected chi connectivity index (χ4v) is 3.28. The average Bonchev–Trinajstić information content (AvgIpc) is 3.15. The molecule has 1 aromatic heterocycles. The van der Waals surface area contributed by atoms with Crippen LogP contribution in [-0.2, 0) is 17.8 Å². The van der Waals surface area contributed by atoms with Gasteiger partial charge in [-0.1, -0.05) is 49.0 Å². The van der Waals surface area contributed by atoms with E-state index in [9.17, 15) is 4.79 Å². The van der Waals surface area contributed by atoms with Crippen molar-refractivity contribution in [2.75, 3.05) is 5.32 Å². The first kappa shape index (κ1) is 19.9. The van der Waals surface area contributed by atoms with E-state index in [2.05, 4.69) is 27.4 Å². The van der Waals surface area contributed by atoms with Crippen LogP contribution in [-0.4, -0.2) is 26.3 Å². The molecule has 0 aliphatic rings. The topological polar surface area (TPSA) is 79.9 Å². The third-order valence-electron chi connectivity index (χ3n) is 4.25. The minimum absolute atomic E-state index is 0.0863. The standard InChI is InChI=1S/C21H24N4O2S/c1-4-16-9-11-17(12-10-16)22-20(26)15(3)28-21-23-19(24-25-21)13-27-18-8-6-5-7-14(18)2/h5-12,15H,4,13H2,1-3H3,(H,22,26)(H,23,24,25)/t15-/m0/s1. The molecule has 3 aromatic rings. The van der Waals surface area contributed by atoms with Crippen molar-refractivity contribution in [3.8, 4) is 5.75 Å². The number of aromatic amines is 1. The second kappa shape index (κ2) is 9.41. The first-order chi connectivity index (χ1) is 13.5. The number of carbonyl (C=O) groups excluding carboxylic acids is 1. The molecule has 0 saturated carbocycles. The van der Waals surface area contributed by atoms with Crippen molar-refractivity contribution in [2.24, 2.45) is 0 Å². The fraction of sp³-hybridized carbons (Fsp3) is 0.286. The van der Waals surface area contributed by atoms with Crippen molar-refractivity contribution >= 4 is 23.4 Å². The Labute approximate surface area is 169 Å². The molecule has 0 spiro atoms. The molecule has 2 aromatic carbocycles. The minimum atomic E-state index is -0.327. The monoisotopic (exact) mass is 396 g/mol. The van der Waals surface area contributed by atoms with Crippen LogP contribution in [0.25, 0.3) is 0 Å². The van der Waals surface area contributed by atoms with Gasteiger partial charge in [-0.25, -0.2) is 4.98 Å². The first-order valence-electron chi connectivity index (χ1n) is 9.21. The number of hydrogen-bond acceptors (Lipinski definition) is 5. The molecule has 3 rings (SSSR count). The highest BCUT2D eigenvalue weighted by molar-refractivity contribution is 8.00. The Kier molecular flexibility index (Phi) is 6.71. The van der Waals surface area contributed by atoms with Crippen LogP contribution >= 0.6 is 11.8 Å². The van der Waals surface area contributed by atoms with Gasteiger partial charge in [-0.05, 0) is 49.6 Å². The van der Waals surface area contributed by atoms with Crippen LogP contribution in [0.4, 0.5) is 5.69 Å². The van der Waals surface area contributed by atoms with Gasteiger partial charge in [-0.2, -0.15) is 0 Å². The number of thioether (sulfide) groups is 1. The Balaban J connectivity index is 1.51. The fourth-order valence-electron chi connectivity index (χ4n) is 2.54. The zero-order valence-corrected chi connectivity index (χ0v) is 17.0. The number of ether oxygens (including phenoxy) is 1. The van der Waals surface area contributed by atoms with E-state index in [0.29, 0.717) is 17.6 Å². The highest BCUT2D eigenvalue weighted by Gasteiger charge is 2.17. The molecular weight excluding hydrogens is 372 g/mol. The molecule has 0 aliphatic carbocycles. The molecule has 1 amide bonds.